The first-order chi connectivity index (χ1) is 9.29. The minimum absolute atomic E-state index is 0.118. The number of halogens is 2. The molecule has 2 nitrogen and oxygen atoms in total. The third-order valence-electron chi connectivity index (χ3n) is 2.93. The fourth-order valence-corrected chi connectivity index (χ4v) is 2.04. The van der Waals surface area contributed by atoms with Crippen LogP contribution in [-0.2, 0) is 4.74 Å². The standard InChI is InChI=1S/C15H16ClFO2/c16-8-3-4-12-10-13(17)6-7-15(12)19-11-14-5-1-2-9-18-14/h6-7,10,14H,1-2,5,8-9,11H2. The summed E-state index contributed by atoms with van der Waals surface area (Å²) >= 11 is 5.51. The molecule has 0 bridgehead atoms. The van der Waals surface area contributed by atoms with Crippen molar-refractivity contribution in [2.24, 2.45) is 0 Å². The maximum absolute atomic E-state index is 13.2. The van der Waals surface area contributed by atoms with Gasteiger partial charge in [0.1, 0.15) is 18.2 Å². The molecule has 1 saturated heterocycles. The first-order valence-electron chi connectivity index (χ1n) is 6.38. The lowest BCUT2D eigenvalue weighted by Gasteiger charge is -2.22. The van der Waals surface area contributed by atoms with E-state index < -0.39 is 0 Å². The second-order valence-electron chi connectivity index (χ2n) is 4.38. The molecule has 0 saturated carbocycles. The molecule has 102 valence electrons. The van der Waals surface area contributed by atoms with Gasteiger partial charge in [-0.3, -0.25) is 0 Å². The van der Waals surface area contributed by atoms with E-state index in [1.807, 2.05) is 0 Å². The summed E-state index contributed by atoms with van der Waals surface area (Å²) in [5.74, 6) is 5.97. The summed E-state index contributed by atoms with van der Waals surface area (Å²) < 4.78 is 24.5. The summed E-state index contributed by atoms with van der Waals surface area (Å²) in [7, 11) is 0. The van der Waals surface area contributed by atoms with E-state index in [2.05, 4.69) is 11.8 Å². The largest absolute Gasteiger partial charge is 0.490 e. The Morgan fingerprint density at radius 1 is 1.42 bits per heavy atom. The number of hydrogen-bond acceptors (Lipinski definition) is 2. The normalized spacial score (nSPS) is 18.5. The molecule has 0 aromatic heterocycles. The molecule has 1 aromatic carbocycles. The third kappa shape index (κ3) is 4.41. The zero-order valence-electron chi connectivity index (χ0n) is 10.6. The lowest BCUT2D eigenvalue weighted by molar-refractivity contribution is -0.0111. The van der Waals surface area contributed by atoms with Crippen LogP contribution < -0.4 is 4.74 Å². The zero-order chi connectivity index (χ0) is 13.5. The Balaban J connectivity index is 2.02. The maximum Gasteiger partial charge on any atom is 0.135 e. The predicted octanol–water partition coefficient (Wildman–Crippen LogP) is 3.36. The van der Waals surface area contributed by atoms with Crippen molar-refractivity contribution in [3.05, 3.63) is 29.6 Å². The van der Waals surface area contributed by atoms with Gasteiger partial charge < -0.3 is 9.47 Å². The Kier molecular flexibility index (Phi) is 5.50. The lowest BCUT2D eigenvalue weighted by atomic mass is 10.1. The zero-order valence-corrected chi connectivity index (χ0v) is 11.4. The quantitative estimate of drug-likeness (QED) is 0.625. The van der Waals surface area contributed by atoms with Crippen LogP contribution in [0.1, 0.15) is 24.8 Å². The van der Waals surface area contributed by atoms with Crippen molar-refractivity contribution in [3.8, 4) is 17.6 Å². The number of rotatable bonds is 3. The topological polar surface area (TPSA) is 18.5 Å². The van der Waals surface area contributed by atoms with E-state index in [1.165, 1.54) is 12.1 Å². The van der Waals surface area contributed by atoms with Gasteiger partial charge in [0.15, 0.2) is 0 Å². The van der Waals surface area contributed by atoms with E-state index in [4.69, 9.17) is 21.1 Å². The smallest absolute Gasteiger partial charge is 0.135 e. The molecule has 2 rings (SSSR count). The molecule has 1 unspecified atom stereocenters. The Bertz CT molecular complexity index is 473. The molecule has 1 atom stereocenters. The fourth-order valence-electron chi connectivity index (χ4n) is 1.98. The van der Waals surface area contributed by atoms with E-state index >= 15 is 0 Å². The lowest BCUT2D eigenvalue weighted by Crippen LogP contribution is -2.25. The summed E-state index contributed by atoms with van der Waals surface area (Å²) in [6.45, 7) is 1.26. The number of alkyl halides is 1. The molecule has 1 aromatic rings. The number of benzene rings is 1. The minimum atomic E-state index is -0.333. The van der Waals surface area contributed by atoms with E-state index in [9.17, 15) is 4.39 Å². The fraction of sp³-hybridized carbons (Fsp3) is 0.467. The van der Waals surface area contributed by atoms with Gasteiger partial charge in [-0.2, -0.15) is 0 Å². The van der Waals surface area contributed by atoms with Crippen molar-refractivity contribution in [3.63, 3.8) is 0 Å². The summed E-state index contributed by atoms with van der Waals surface area (Å²) in [5, 5.41) is 0. The predicted molar refractivity (Wildman–Crippen MR) is 73.1 cm³/mol. The Hall–Kier alpha value is -1.24. The van der Waals surface area contributed by atoms with Crippen molar-refractivity contribution < 1.29 is 13.9 Å². The van der Waals surface area contributed by atoms with Crippen LogP contribution in [0.25, 0.3) is 0 Å². The average molecular weight is 283 g/mol. The van der Waals surface area contributed by atoms with E-state index in [0.717, 1.165) is 25.9 Å². The van der Waals surface area contributed by atoms with Crippen LogP contribution in [0.5, 0.6) is 5.75 Å². The van der Waals surface area contributed by atoms with Crippen LogP contribution in [0, 0.1) is 17.7 Å². The molecule has 1 aliphatic rings. The first-order valence-corrected chi connectivity index (χ1v) is 6.92. The van der Waals surface area contributed by atoms with Gasteiger partial charge in [0.05, 0.1) is 17.5 Å². The molecule has 0 amide bonds. The number of ether oxygens (including phenoxy) is 2. The highest BCUT2D eigenvalue weighted by molar-refractivity contribution is 6.19. The van der Waals surface area contributed by atoms with E-state index in [-0.39, 0.29) is 17.8 Å². The van der Waals surface area contributed by atoms with Crippen LogP contribution in [0.2, 0.25) is 0 Å². The van der Waals surface area contributed by atoms with Gasteiger partial charge in [-0.05, 0) is 37.5 Å². The van der Waals surface area contributed by atoms with Gasteiger partial charge in [0, 0.05) is 6.61 Å². The van der Waals surface area contributed by atoms with Gasteiger partial charge in [0.2, 0.25) is 0 Å². The molecular formula is C15H16ClFO2. The van der Waals surface area contributed by atoms with Crippen molar-refractivity contribution >= 4 is 11.6 Å². The molecule has 0 N–H and O–H groups in total. The Labute approximate surface area is 117 Å². The highest BCUT2D eigenvalue weighted by atomic mass is 35.5. The Morgan fingerprint density at radius 3 is 3.05 bits per heavy atom. The number of hydrogen-bond donors (Lipinski definition) is 0. The molecule has 1 aliphatic heterocycles. The van der Waals surface area contributed by atoms with Gasteiger partial charge >= 0.3 is 0 Å². The molecule has 1 fully saturated rings. The van der Waals surface area contributed by atoms with Crippen LogP contribution in [0.4, 0.5) is 4.39 Å². The summed E-state index contributed by atoms with van der Waals surface area (Å²) in [5.41, 5.74) is 0.524. The minimum Gasteiger partial charge on any atom is -0.490 e. The molecule has 19 heavy (non-hydrogen) atoms. The highest BCUT2D eigenvalue weighted by Gasteiger charge is 2.15. The Morgan fingerprint density at radius 2 is 2.32 bits per heavy atom. The molecular weight excluding hydrogens is 267 g/mol. The van der Waals surface area contributed by atoms with Crippen molar-refractivity contribution in [1.29, 1.82) is 0 Å². The van der Waals surface area contributed by atoms with Crippen molar-refractivity contribution in [1.82, 2.24) is 0 Å². The molecule has 0 aliphatic carbocycles. The van der Waals surface area contributed by atoms with E-state index in [1.54, 1.807) is 6.07 Å². The second kappa shape index (κ2) is 7.37. The molecule has 4 heteroatoms. The van der Waals surface area contributed by atoms with Gasteiger partial charge in [0.25, 0.3) is 0 Å². The van der Waals surface area contributed by atoms with Gasteiger partial charge in [-0.1, -0.05) is 11.8 Å². The van der Waals surface area contributed by atoms with Crippen LogP contribution in [0.3, 0.4) is 0 Å². The SMILES string of the molecule is Fc1ccc(OCC2CCCCO2)c(C#CCCl)c1. The summed E-state index contributed by atoms with van der Waals surface area (Å²) in [6, 6.07) is 4.32. The highest BCUT2D eigenvalue weighted by Crippen LogP contribution is 2.21. The summed E-state index contributed by atoms with van der Waals surface area (Å²) in [4.78, 5) is 0. The summed E-state index contributed by atoms with van der Waals surface area (Å²) in [6.07, 6.45) is 3.40. The maximum atomic E-state index is 13.2. The van der Waals surface area contributed by atoms with E-state index in [0.29, 0.717) is 17.9 Å². The van der Waals surface area contributed by atoms with Gasteiger partial charge in [-0.25, -0.2) is 4.39 Å². The molecule has 1 heterocycles. The monoisotopic (exact) mass is 282 g/mol. The van der Waals surface area contributed by atoms with Crippen molar-refractivity contribution in [2.75, 3.05) is 19.1 Å². The molecule has 0 radical (unpaired) electrons. The first kappa shape index (κ1) is 14.2. The van der Waals surface area contributed by atoms with Gasteiger partial charge in [-0.15, -0.1) is 11.6 Å². The van der Waals surface area contributed by atoms with Crippen molar-refractivity contribution in [2.45, 2.75) is 25.4 Å². The third-order valence-corrected chi connectivity index (χ3v) is 3.06. The molecule has 0 spiro atoms. The van der Waals surface area contributed by atoms with Crippen LogP contribution >= 0.6 is 11.6 Å². The van der Waals surface area contributed by atoms with Crippen LogP contribution in [0.15, 0.2) is 18.2 Å². The average Bonchev–Trinajstić information content (AvgIpc) is 2.45. The van der Waals surface area contributed by atoms with Crippen LogP contribution in [-0.4, -0.2) is 25.2 Å². The second-order valence-corrected chi connectivity index (χ2v) is 4.64.